The standard InChI is InChI=1S/C17H17NO3/c1-4-15(18-7-9-19-10-8-18)5-2-13(1)14-3-6-16-17(11-14)21-12-20-16/h1-6,11H,7-10,12H2. The Kier molecular flexibility index (Phi) is 3.16. The molecular formula is C17H17NO3. The first-order chi connectivity index (χ1) is 10.4. The molecule has 108 valence electrons. The second-order valence-electron chi connectivity index (χ2n) is 5.21. The summed E-state index contributed by atoms with van der Waals surface area (Å²) >= 11 is 0. The summed E-state index contributed by atoms with van der Waals surface area (Å²) in [7, 11) is 0. The minimum Gasteiger partial charge on any atom is -0.454 e. The highest BCUT2D eigenvalue weighted by atomic mass is 16.7. The maximum atomic E-state index is 5.44. The van der Waals surface area contributed by atoms with E-state index in [1.54, 1.807) is 0 Å². The van der Waals surface area contributed by atoms with Gasteiger partial charge < -0.3 is 19.1 Å². The van der Waals surface area contributed by atoms with E-state index in [-0.39, 0.29) is 0 Å². The Morgan fingerprint density at radius 2 is 1.48 bits per heavy atom. The van der Waals surface area contributed by atoms with Crippen molar-refractivity contribution in [3.63, 3.8) is 0 Å². The van der Waals surface area contributed by atoms with Crippen LogP contribution in [0.15, 0.2) is 42.5 Å². The van der Waals surface area contributed by atoms with Gasteiger partial charge in [0.05, 0.1) is 13.2 Å². The lowest BCUT2D eigenvalue weighted by Gasteiger charge is -2.28. The smallest absolute Gasteiger partial charge is 0.231 e. The number of hydrogen-bond acceptors (Lipinski definition) is 4. The lowest BCUT2D eigenvalue weighted by atomic mass is 10.0. The van der Waals surface area contributed by atoms with Gasteiger partial charge in [-0.05, 0) is 35.4 Å². The predicted molar refractivity (Wildman–Crippen MR) is 81.0 cm³/mol. The number of morpholine rings is 1. The number of fused-ring (bicyclic) bond motifs is 1. The Hall–Kier alpha value is -2.20. The lowest BCUT2D eigenvalue weighted by molar-refractivity contribution is 0.122. The van der Waals surface area contributed by atoms with Crippen molar-refractivity contribution in [2.75, 3.05) is 38.0 Å². The fraction of sp³-hybridized carbons (Fsp3) is 0.294. The van der Waals surface area contributed by atoms with E-state index in [1.165, 1.54) is 11.3 Å². The second-order valence-corrected chi connectivity index (χ2v) is 5.21. The van der Waals surface area contributed by atoms with Gasteiger partial charge in [-0.2, -0.15) is 0 Å². The van der Waals surface area contributed by atoms with Crippen LogP contribution in [0, 0.1) is 0 Å². The van der Waals surface area contributed by atoms with Gasteiger partial charge in [-0.1, -0.05) is 18.2 Å². The maximum absolute atomic E-state index is 5.44. The molecule has 0 amide bonds. The normalized spacial score (nSPS) is 17.0. The van der Waals surface area contributed by atoms with E-state index >= 15 is 0 Å². The highest BCUT2D eigenvalue weighted by Crippen LogP contribution is 2.36. The van der Waals surface area contributed by atoms with Gasteiger partial charge in [-0.15, -0.1) is 0 Å². The molecule has 2 aliphatic heterocycles. The van der Waals surface area contributed by atoms with Gasteiger partial charge in [0.2, 0.25) is 6.79 Å². The first-order valence-corrected chi connectivity index (χ1v) is 7.23. The Balaban J connectivity index is 1.58. The maximum Gasteiger partial charge on any atom is 0.231 e. The van der Waals surface area contributed by atoms with Crippen molar-refractivity contribution in [1.29, 1.82) is 0 Å². The Labute approximate surface area is 123 Å². The number of anilines is 1. The molecule has 2 aromatic rings. The summed E-state index contributed by atoms with van der Waals surface area (Å²) in [6.45, 7) is 3.86. The van der Waals surface area contributed by atoms with Crippen molar-refractivity contribution in [1.82, 2.24) is 0 Å². The van der Waals surface area contributed by atoms with Crippen LogP contribution in [0.2, 0.25) is 0 Å². The van der Waals surface area contributed by atoms with Gasteiger partial charge in [-0.3, -0.25) is 0 Å². The first-order valence-electron chi connectivity index (χ1n) is 7.23. The average Bonchev–Trinajstić information content (AvgIpc) is 3.03. The van der Waals surface area contributed by atoms with Crippen molar-refractivity contribution in [2.45, 2.75) is 0 Å². The molecule has 1 saturated heterocycles. The molecule has 0 saturated carbocycles. The molecule has 0 bridgehead atoms. The largest absolute Gasteiger partial charge is 0.454 e. The predicted octanol–water partition coefficient (Wildman–Crippen LogP) is 2.92. The van der Waals surface area contributed by atoms with Crippen LogP contribution in [0.1, 0.15) is 0 Å². The van der Waals surface area contributed by atoms with Crippen LogP contribution in [-0.4, -0.2) is 33.1 Å². The van der Waals surface area contributed by atoms with E-state index < -0.39 is 0 Å². The zero-order chi connectivity index (χ0) is 14.1. The number of ether oxygens (including phenoxy) is 3. The summed E-state index contributed by atoms with van der Waals surface area (Å²) in [5.74, 6) is 1.65. The fourth-order valence-corrected chi connectivity index (χ4v) is 2.76. The fourth-order valence-electron chi connectivity index (χ4n) is 2.76. The summed E-state index contributed by atoms with van der Waals surface area (Å²) < 4.78 is 16.2. The molecule has 0 atom stereocenters. The molecule has 4 rings (SSSR count). The topological polar surface area (TPSA) is 30.9 Å². The Morgan fingerprint density at radius 1 is 0.762 bits per heavy atom. The third-order valence-corrected chi connectivity index (χ3v) is 3.95. The summed E-state index contributed by atoms with van der Waals surface area (Å²) in [6.07, 6.45) is 0. The monoisotopic (exact) mass is 283 g/mol. The van der Waals surface area contributed by atoms with E-state index in [1.807, 2.05) is 12.1 Å². The van der Waals surface area contributed by atoms with E-state index in [2.05, 4.69) is 35.2 Å². The molecule has 4 nitrogen and oxygen atoms in total. The summed E-state index contributed by atoms with van der Waals surface area (Å²) in [5, 5.41) is 0. The molecule has 4 heteroatoms. The molecule has 1 fully saturated rings. The number of hydrogen-bond donors (Lipinski definition) is 0. The Bertz CT molecular complexity index is 633. The molecule has 0 unspecified atom stereocenters. The summed E-state index contributed by atoms with van der Waals surface area (Å²) in [5.41, 5.74) is 3.58. The van der Waals surface area contributed by atoms with Crippen molar-refractivity contribution >= 4 is 5.69 Å². The highest BCUT2D eigenvalue weighted by Gasteiger charge is 2.14. The van der Waals surface area contributed by atoms with Crippen LogP contribution < -0.4 is 14.4 Å². The zero-order valence-electron chi connectivity index (χ0n) is 11.7. The van der Waals surface area contributed by atoms with Crippen molar-refractivity contribution in [2.24, 2.45) is 0 Å². The number of nitrogens with zero attached hydrogens (tertiary/aromatic N) is 1. The number of rotatable bonds is 2. The third-order valence-electron chi connectivity index (χ3n) is 3.95. The van der Waals surface area contributed by atoms with Crippen molar-refractivity contribution in [3.8, 4) is 22.6 Å². The molecule has 21 heavy (non-hydrogen) atoms. The van der Waals surface area contributed by atoms with Gasteiger partial charge in [0.25, 0.3) is 0 Å². The Morgan fingerprint density at radius 3 is 2.29 bits per heavy atom. The summed E-state index contributed by atoms with van der Waals surface area (Å²) in [4.78, 5) is 2.35. The average molecular weight is 283 g/mol. The quantitative estimate of drug-likeness (QED) is 0.848. The molecule has 2 aliphatic rings. The highest BCUT2D eigenvalue weighted by molar-refractivity contribution is 5.69. The van der Waals surface area contributed by atoms with E-state index in [9.17, 15) is 0 Å². The van der Waals surface area contributed by atoms with Crippen LogP contribution in [0.3, 0.4) is 0 Å². The molecular weight excluding hydrogens is 266 g/mol. The third kappa shape index (κ3) is 2.43. The minimum absolute atomic E-state index is 0.314. The van der Waals surface area contributed by atoms with Crippen LogP contribution in [0.25, 0.3) is 11.1 Å². The molecule has 0 aromatic heterocycles. The molecule has 2 heterocycles. The molecule has 0 spiro atoms. The zero-order valence-corrected chi connectivity index (χ0v) is 11.7. The van der Waals surface area contributed by atoms with E-state index in [0.717, 1.165) is 43.4 Å². The molecule has 0 aliphatic carbocycles. The van der Waals surface area contributed by atoms with Gasteiger partial charge in [0.1, 0.15) is 0 Å². The van der Waals surface area contributed by atoms with E-state index in [0.29, 0.717) is 6.79 Å². The van der Waals surface area contributed by atoms with Crippen molar-refractivity contribution in [3.05, 3.63) is 42.5 Å². The SMILES string of the molecule is c1cc(N2CCOCC2)ccc1-c1ccc2c(c1)OCO2. The van der Waals surface area contributed by atoms with Gasteiger partial charge in [0, 0.05) is 18.8 Å². The van der Waals surface area contributed by atoms with Gasteiger partial charge in [-0.25, -0.2) is 0 Å². The van der Waals surface area contributed by atoms with Gasteiger partial charge in [0.15, 0.2) is 11.5 Å². The van der Waals surface area contributed by atoms with Crippen molar-refractivity contribution < 1.29 is 14.2 Å². The molecule has 0 radical (unpaired) electrons. The lowest BCUT2D eigenvalue weighted by Crippen LogP contribution is -2.36. The molecule has 0 N–H and O–H groups in total. The van der Waals surface area contributed by atoms with Crippen LogP contribution in [-0.2, 0) is 4.74 Å². The second kappa shape index (κ2) is 5.30. The van der Waals surface area contributed by atoms with Gasteiger partial charge >= 0.3 is 0 Å². The van der Waals surface area contributed by atoms with Crippen LogP contribution in [0.4, 0.5) is 5.69 Å². The summed E-state index contributed by atoms with van der Waals surface area (Å²) in [6, 6.07) is 14.7. The van der Waals surface area contributed by atoms with Crippen LogP contribution in [0.5, 0.6) is 11.5 Å². The van der Waals surface area contributed by atoms with Crippen LogP contribution >= 0.6 is 0 Å². The molecule has 2 aromatic carbocycles. The number of benzene rings is 2. The first kappa shape index (κ1) is 12.5. The van der Waals surface area contributed by atoms with E-state index in [4.69, 9.17) is 14.2 Å². The minimum atomic E-state index is 0.314.